The maximum Gasteiger partial charge on any atom is 1.00 e. The number of urea groups is 1. The third kappa shape index (κ3) is 8.54. The number of aromatic nitrogens is 3. The number of hydrogen-bond acceptors (Lipinski definition) is 9. The Balaban J connectivity index is 0.00000562. The molecule has 2 aromatic carbocycles. The molecule has 15 nitrogen and oxygen atoms in total. The van der Waals surface area contributed by atoms with Crippen LogP contribution in [0.3, 0.4) is 0 Å². The number of amides is 6. The Morgan fingerprint density at radius 2 is 1.38 bits per heavy atom. The van der Waals surface area contributed by atoms with Crippen LogP contribution < -0.4 is 88.6 Å². The molecule has 1 aliphatic rings. The molecule has 5 rings (SSSR count). The van der Waals surface area contributed by atoms with Crippen LogP contribution in [0.25, 0.3) is 17.3 Å². The molecule has 0 bridgehead atoms. The molecule has 0 unspecified atom stereocenters. The first-order valence-corrected chi connectivity index (χ1v) is 14.4. The Kier molecular flexibility index (Phi) is 12.1. The molecule has 0 radical (unpaired) electrons. The predicted octanol–water partition coefficient (Wildman–Crippen LogP) is -0.779. The molecular formula is C34H26KN7O8. The first-order chi connectivity index (χ1) is 23.4. The number of nitrogens with one attached hydrogen (secondary N) is 4. The van der Waals surface area contributed by atoms with Crippen molar-refractivity contribution in [2.24, 2.45) is 0 Å². The van der Waals surface area contributed by atoms with E-state index in [0.29, 0.717) is 22.5 Å². The number of aromatic amines is 1. The Labute approximate surface area is 325 Å². The van der Waals surface area contributed by atoms with Crippen LogP contribution >= 0.6 is 0 Å². The third-order valence-electron chi connectivity index (χ3n) is 6.97. The van der Waals surface area contributed by atoms with Crippen molar-refractivity contribution in [2.75, 3.05) is 15.5 Å². The number of nitrogens with zero attached hydrogens (tertiary/aromatic N) is 3. The summed E-state index contributed by atoms with van der Waals surface area (Å²) in [5.74, 6) is -3.46. The standard InChI is InChI=1S/C34H27N7O8.K/c1-19(42)36-23-5-9-25(10-6-23)40-31(46)27(29(44)38-33(40)48)13-3-21(22-15-17-35-18-16-22)4-14-28-30(45)39-34(49)41(32(28)47)26-11-7-24(8-12-26)37-20(2)43;/h3-18,44H,1-2H3,(H,36,42)(H,37,43)(H,38,48)(H,39,45,49);/q;+1/p-1. The number of benzene rings is 2. The van der Waals surface area contributed by atoms with E-state index in [1.807, 2.05) is 0 Å². The number of pyridine rings is 1. The van der Waals surface area contributed by atoms with E-state index >= 15 is 0 Å². The summed E-state index contributed by atoms with van der Waals surface area (Å²) in [4.78, 5) is 94.5. The van der Waals surface area contributed by atoms with Crippen LogP contribution in [-0.2, 0) is 19.2 Å². The maximum absolute atomic E-state index is 13.4. The SMILES string of the molecule is CC(=O)Nc1ccc(N2C(=O)NC(=O)C(=CC=C(C=Cc3c([O-])[nH]c(=O)n(-c4ccc(NC(C)=O)cc4)c3=O)c3ccncc3)C2=O)cc1.[K+]. The van der Waals surface area contributed by atoms with Crippen molar-refractivity contribution in [2.45, 2.75) is 13.8 Å². The fraction of sp³-hybridized carbons (Fsp3) is 0.0588. The van der Waals surface area contributed by atoms with Gasteiger partial charge in [0.25, 0.3) is 17.4 Å². The summed E-state index contributed by atoms with van der Waals surface area (Å²) in [6.07, 6.45) is 8.07. The van der Waals surface area contributed by atoms with E-state index in [1.165, 1.54) is 99.1 Å². The zero-order valence-electron chi connectivity index (χ0n) is 26.8. The molecule has 3 heterocycles. The van der Waals surface area contributed by atoms with Crippen molar-refractivity contribution in [3.05, 3.63) is 129 Å². The smallest absolute Gasteiger partial charge is 0.860 e. The molecule has 1 aliphatic heterocycles. The van der Waals surface area contributed by atoms with Gasteiger partial charge in [-0.2, -0.15) is 0 Å². The number of carbonyl (C=O) groups excluding carboxylic acids is 5. The van der Waals surface area contributed by atoms with Gasteiger partial charge in [0, 0.05) is 43.2 Å². The number of imide groups is 2. The van der Waals surface area contributed by atoms with Crippen molar-refractivity contribution >= 4 is 58.4 Å². The molecule has 4 aromatic rings. The Bertz CT molecular complexity index is 2210. The fourth-order valence-electron chi connectivity index (χ4n) is 4.76. The molecule has 246 valence electrons. The summed E-state index contributed by atoms with van der Waals surface area (Å²) in [6.45, 7) is 2.66. The van der Waals surface area contributed by atoms with Crippen molar-refractivity contribution in [3.8, 4) is 11.6 Å². The van der Waals surface area contributed by atoms with E-state index in [1.54, 1.807) is 12.1 Å². The summed E-state index contributed by atoms with van der Waals surface area (Å²) < 4.78 is 0.760. The van der Waals surface area contributed by atoms with Gasteiger partial charge < -0.3 is 20.7 Å². The van der Waals surface area contributed by atoms with E-state index in [4.69, 9.17) is 0 Å². The molecule has 0 aliphatic carbocycles. The average molecular weight is 700 g/mol. The van der Waals surface area contributed by atoms with E-state index in [-0.39, 0.29) is 74.6 Å². The van der Waals surface area contributed by atoms with Crippen molar-refractivity contribution in [3.63, 3.8) is 0 Å². The number of barbiturate groups is 1. The van der Waals surface area contributed by atoms with Gasteiger partial charge in [-0.05, 0) is 89.8 Å². The molecule has 1 fully saturated rings. The van der Waals surface area contributed by atoms with Gasteiger partial charge in [0.15, 0.2) is 0 Å². The summed E-state index contributed by atoms with van der Waals surface area (Å²) >= 11 is 0. The van der Waals surface area contributed by atoms with Crippen LogP contribution in [0.4, 0.5) is 21.9 Å². The predicted molar refractivity (Wildman–Crippen MR) is 178 cm³/mol. The van der Waals surface area contributed by atoms with Crippen molar-refractivity contribution < 1.29 is 80.5 Å². The Hall–Kier alpha value is -5.52. The molecular weight excluding hydrogens is 674 g/mol. The van der Waals surface area contributed by atoms with Crippen molar-refractivity contribution in [1.82, 2.24) is 19.9 Å². The first-order valence-electron chi connectivity index (χ1n) is 14.4. The average Bonchev–Trinajstić information content (AvgIpc) is 3.04. The molecule has 0 atom stereocenters. The number of carbonyl (C=O) groups is 5. The van der Waals surface area contributed by atoms with Gasteiger partial charge in [0.2, 0.25) is 11.8 Å². The minimum atomic E-state index is -0.972. The molecule has 2 aromatic heterocycles. The largest absolute Gasteiger partial charge is 1.00 e. The zero-order chi connectivity index (χ0) is 35.2. The van der Waals surface area contributed by atoms with Gasteiger partial charge in [-0.1, -0.05) is 12.2 Å². The van der Waals surface area contributed by atoms with Gasteiger partial charge in [0.05, 0.1) is 11.4 Å². The van der Waals surface area contributed by atoms with Crippen molar-refractivity contribution in [1.29, 1.82) is 0 Å². The number of anilines is 3. The van der Waals surface area contributed by atoms with Crippen LogP contribution in [0.1, 0.15) is 25.0 Å². The topological polar surface area (TPSA) is 215 Å². The van der Waals surface area contributed by atoms with E-state index < -0.39 is 46.1 Å². The Morgan fingerprint density at radius 3 is 1.94 bits per heavy atom. The zero-order valence-corrected chi connectivity index (χ0v) is 30.0. The summed E-state index contributed by atoms with van der Waals surface area (Å²) in [5, 5.41) is 20.0. The molecule has 50 heavy (non-hydrogen) atoms. The van der Waals surface area contributed by atoms with E-state index in [0.717, 1.165) is 9.47 Å². The van der Waals surface area contributed by atoms with Gasteiger partial charge in [0.1, 0.15) is 5.57 Å². The normalized spacial score (nSPS) is 14.0. The van der Waals surface area contributed by atoms with Crippen LogP contribution in [-0.4, -0.2) is 44.2 Å². The van der Waals surface area contributed by atoms with Gasteiger partial charge in [-0.25, -0.2) is 19.1 Å². The summed E-state index contributed by atoms with van der Waals surface area (Å²) in [5.41, 5.74) is -0.738. The van der Waals surface area contributed by atoms with Crippen LogP contribution in [0.5, 0.6) is 5.88 Å². The van der Waals surface area contributed by atoms with Gasteiger partial charge in [-0.15, -0.1) is 0 Å². The molecule has 0 saturated carbocycles. The first kappa shape index (κ1) is 37.3. The molecule has 4 N–H and O–H groups in total. The van der Waals surface area contributed by atoms with Crippen LogP contribution in [0, 0.1) is 0 Å². The fourth-order valence-corrected chi connectivity index (χ4v) is 4.76. The van der Waals surface area contributed by atoms with E-state index in [9.17, 15) is 38.7 Å². The minimum absolute atomic E-state index is 0. The quantitative estimate of drug-likeness (QED) is 0.0785. The minimum Gasteiger partial charge on any atom is -0.860 e. The molecule has 1 saturated heterocycles. The summed E-state index contributed by atoms with van der Waals surface area (Å²) in [7, 11) is 0. The van der Waals surface area contributed by atoms with Gasteiger partial charge in [-0.3, -0.25) is 34.3 Å². The molecule has 6 amide bonds. The monoisotopic (exact) mass is 699 g/mol. The second-order valence-electron chi connectivity index (χ2n) is 10.4. The Morgan fingerprint density at radius 1 is 0.820 bits per heavy atom. The molecule has 16 heteroatoms. The van der Waals surface area contributed by atoms with Crippen LogP contribution in [0.2, 0.25) is 0 Å². The number of rotatable bonds is 8. The maximum atomic E-state index is 13.4. The van der Waals surface area contributed by atoms with E-state index in [2.05, 4.69) is 25.9 Å². The van der Waals surface area contributed by atoms with Crippen LogP contribution in [0.15, 0.2) is 106 Å². The third-order valence-corrected chi connectivity index (χ3v) is 6.97. The number of H-pyrrole nitrogens is 1. The molecule has 0 spiro atoms. The second kappa shape index (κ2) is 16.3. The summed E-state index contributed by atoms with van der Waals surface area (Å²) in [6, 6.07) is 13.9. The van der Waals surface area contributed by atoms with Gasteiger partial charge >= 0.3 is 63.1 Å². The number of hydrogen-bond donors (Lipinski definition) is 4. The number of allylic oxidation sites excluding steroid dienone is 4. The second-order valence-corrected chi connectivity index (χ2v) is 10.4.